The summed E-state index contributed by atoms with van der Waals surface area (Å²) in [5.41, 5.74) is 1.53. The van der Waals surface area contributed by atoms with Crippen LogP contribution < -0.4 is 0 Å². The van der Waals surface area contributed by atoms with E-state index in [4.69, 9.17) is 4.74 Å². The Morgan fingerprint density at radius 3 is 2.75 bits per heavy atom. The molecule has 0 spiro atoms. The molecule has 1 aliphatic heterocycles. The molecule has 2 nitrogen and oxygen atoms in total. The van der Waals surface area contributed by atoms with Crippen LogP contribution in [0.2, 0.25) is 0 Å². The molecule has 3 aliphatic rings. The van der Waals surface area contributed by atoms with Gasteiger partial charge in [0.2, 0.25) is 0 Å². The van der Waals surface area contributed by atoms with Crippen LogP contribution >= 0.6 is 0 Å². The Balaban J connectivity index is 1.85. The van der Waals surface area contributed by atoms with Crippen molar-refractivity contribution in [1.29, 1.82) is 0 Å². The lowest BCUT2D eigenvalue weighted by Gasteiger charge is -2.43. The molecular formula is C18H28O2. The fraction of sp³-hybridized carbons (Fsp3) is 0.833. The molecule has 3 atom stereocenters. The van der Waals surface area contributed by atoms with E-state index in [1.807, 2.05) is 0 Å². The first kappa shape index (κ1) is 14.2. The first-order chi connectivity index (χ1) is 9.71. The molecule has 0 aromatic carbocycles. The molecule has 0 N–H and O–H groups in total. The maximum atomic E-state index is 12.5. The maximum Gasteiger partial charge on any atom is 0.139 e. The van der Waals surface area contributed by atoms with Crippen molar-refractivity contribution in [2.24, 2.45) is 11.3 Å². The number of allylic oxidation sites excluding steroid dienone is 2. The van der Waals surface area contributed by atoms with Crippen molar-refractivity contribution in [3.05, 3.63) is 11.3 Å². The highest BCUT2D eigenvalue weighted by molar-refractivity contribution is 5.88. The van der Waals surface area contributed by atoms with E-state index >= 15 is 0 Å². The van der Waals surface area contributed by atoms with E-state index in [1.54, 1.807) is 0 Å². The van der Waals surface area contributed by atoms with Gasteiger partial charge in [-0.05, 0) is 50.0 Å². The Morgan fingerprint density at radius 2 is 2.00 bits per heavy atom. The van der Waals surface area contributed by atoms with Crippen LogP contribution in [-0.4, -0.2) is 11.9 Å². The number of rotatable bonds is 4. The minimum Gasteiger partial charge on any atom is -0.495 e. The normalized spacial score (nSPS) is 36.6. The van der Waals surface area contributed by atoms with Crippen LogP contribution in [0.5, 0.6) is 0 Å². The van der Waals surface area contributed by atoms with Gasteiger partial charge in [-0.15, -0.1) is 0 Å². The molecule has 1 fully saturated rings. The Bertz CT molecular complexity index is 423. The molecule has 2 aliphatic carbocycles. The van der Waals surface area contributed by atoms with Crippen LogP contribution in [0.1, 0.15) is 78.1 Å². The summed E-state index contributed by atoms with van der Waals surface area (Å²) in [6, 6.07) is 0. The molecule has 0 saturated heterocycles. The Morgan fingerprint density at radius 1 is 1.15 bits per heavy atom. The molecule has 2 unspecified atom stereocenters. The summed E-state index contributed by atoms with van der Waals surface area (Å²) in [6.45, 7) is 4.45. The number of hydrogen-bond donors (Lipinski definition) is 0. The van der Waals surface area contributed by atoms with Gasteiger partial charge in [-0.1, -0.05) is 26.7 Å². The third-order valence-corrected chi connectivity index (χ3v) is 5.81. The highest BCUT2D eigenvalue weighted by Crippen LogP contribution is 2.57. The monoisotopic (exact) mass is 276 g/mol. The van der Waals surface area contributed by atoms with Gasteiger partial charge >= 0.3 is 0 Å². The summed E-state index contributed by atoms with van der Waals surface area (Å²) in [4.78, 5) is 12.5. The second kappa shape index (κ2) is 5.54. The zero-order valence-corrected chi connectivity index (χ0v) is 13.0. The summed E-state index contributed by atoms with van der Waals surface area (Å²) in [6.07, 6.45) is 11.3. The maximum absolute atomic E-state index is 12.5. The van der Waals surface area contributed by atoms with Crippen molar-refractivity contribution in [3.8, 4) is 0 Å². The standard InChI is InChI=1S/C18H28O2/c1-3-5-13-6-7-14-15-8-9-17(19)18(15,11-4-2)12-10-16(14)20-13/h13,15H,3-12H2,1-2H3/t13?,15?,18-/m0/s1. The lowest BCUT2D eigenvalue weighted by atomic mass is 9.63. The van der Waals surface area contributed by atoms with Gasteiger partial charge in [0.15, 0.2) is 0 Å². The van der Waals surface area contributed by atoms with Gasteiger partial charge < -0.3 is 4.74 Å². The average Bonchev–Trinajstić information content (AvgIpc) is 2.77. The summed E-state index contributed by atoms with van der Waals surface area (Å²) in [5, 5.41) is 0. The number of ketones is 1. The highest BCUT2D eigenvalue weighted by atomic mass is 16.5. The summed E-state index contributed by atoms with van der Waals surface area (Å²) in [5.74, 6) is 2.34. The molecule has 20 heavy (non-hydrogen) atoms. The van der Waals surface area contributed by atoms with Crippen molar-refractivity contribution in [1.82, 2.24) is 0 Å². The van der Waals surface area contributed by atoms with Gasteiger partial charge in [-0.2, -0.15) is 0 Å². The second-order valence-electron chi connectivity index (χ2n) is 6.94. The van der Waals surface area contributed by atoms with Crippen LogP contribution in [0.3, 0.4) is 0 Å². The number of ether oxygens (including phenoxy) is 1. The highest BCUT2D eigenvalue weighted by Gasteiger charge is 2.53. The quantitative estimate of drug-likeness (QED) is 0.738. The van der Waals surface area contributed by atoms with Crippen LogP contribution in [0.25, 0.3) is 0 Å². The van der Waals surface area contributed by atoms with Crippen molar-refractivity contribution in [3.63, 3.8) is 0 Å². The first-order valence-corrected chi connectivity index (χ1v) is 8.63. The van der Waals surface area contributed by atoms with E-state index in [9.17, 15) is 4.79 Å². The van der Waals surface area contributed by atoms with E-state index in [2.05, 4.69) is 13.8 Å². The van der Waals surface area contributed by atoms with Crippen LogP contribution in [-0.2, 0) is 9.53 Å². The number of carbonyl (C=O) groups is 1. The van der Waals surface area contributed by atoms with Gasteiger partial charge in [0, 0.05) is 18.3 Å². The van der Waals surface area contributed by atoms with Gasteiger partial charge in [-0.3, -0.25) is 4.79 Å². The molecule has 2 heteroatoms. The number of hydrogen-bond acceptors (Lipinski definition) is 2. The van der Waals surface area contributed by atoms with Crippen molar-refractivity contribution in [2.75, 3.05) is 0 Å². The van der Waals surface area contributed by atoms with Gasteiger partial charge in [0.05, 0.1) is 11.9 Å². The zero-order chi connectivity index (χ0) is 14.2. The van der Waals surface area contributed by atoms with Crippen molar-refractivity contribution in [2.45, 2.75) is 84.2 Å². The topological polar surface area (TPSA) is 26.3 Å². The molecule has 0 bridgehead atoms. The zero-order valence-electron chi connectivity index (χ0n) is 13.0. The molecular weight excluding hydrogens is 248 g/mol. The summed E-state index contributed by atoms with van der Waals surface area (Å²) in [7, 11) is 0. The number of carbonyl (C=O) groups excluding carboxylic acids is 1. The molecule has 0 radical (unpaired) electrons. The summed E-state index contributed by atoms with van der Waals surface area (Å²) < 4.78 is 6.27. The van der Waals surface area contributed by atoms with Crippen molar-refractivity contribution >= 4 is 5.78 Å². The second-order valence-corrected chi connectivity index (χ2v) is 6.94. The fourth-order valence-electron chi connectivity index (χ4n) is 4.94. The third-order valence-electron chi connectivity index (χ3n) is 5.81. The van der Waals surface area contributed by atoms with Crippen molar-refractivity contribution < 1.29 is 9.53 Å². The SMILES string of the molecule is CCCC1CCC2=C(CC[C@]3(CCC)C(=O)CCC23)O1. The fourth-order valence-corrected chi connectivity index (χ4v) is 4.94. The number of Topliss-reactive ketones (excluding diaryl/α,β-unsaturated/α-hetero) is 1. The van der Waals surface area contributed by atoms with E-state index < -0.39 is 0 Å². The Labute approximate surface area is 123 Å². The molecule has 0 amide bonds. The third kappa shape index (κ3) is 2.12. The van der Waals surface area contributed by atoms with Gasteiger partial charge in [-0.25, -0.2) is 0 Å². The smallest absolute Gasteiger partial charge is 0.139 e. The molecule has 1 heterocycles. The molecule has 0 aromatic heterocycles. The molecule has 0 aromatic rings. The predicted octanol–water partition coefficient (Wildman–Crippen LogP) is 4.78. The Hall–Kier alpha value is -0.790. The first-order valence-electron chi connectivity index (χ1n) is 8.63. The predicted molar refractivity (Wildman–Crippen MR) is 80.3 cm³/mol. The molecule has 1 saturated carbocycles. The van der Waals surface area contributed by atoms with Crippen LogP contribution in [0.15, 0.2) is 11.3 Å². The van der Waals surface area contributed by atoms with E-state index in [0.717, 1.165) is 38.5 Å². The van der Waals surface area contributed by atoms with Gasteiger partial charge in [0.25, 0.3) is 0 Å². The van der Waals surface area contributed by atoms with E-state index in [-0.39, 0.29) is 5.41 Å². The van der Waals surface area contributed by atoms with E-state index in [1.165, 1.54) is 37.0 Å². The summed E-state index contributed by atoms with van der Waals surface area (Å²) >= 11 is 0. The molecule has 112 valence electrons. The largest absolute Gasteiger partial charge is 0.495 e. The minimum absolute atomic E-state index is 0.00542. The Kier molecular flexibility index (Phi) is 3.92. The van der Waals surface area contributed by atoms with Crippen LogP contribution in [0, 0.1) is 11.3 Å². The lowest BCUT2D eigenvalue weighted by molar-refractivity contribution is -0.128. The average molecular weight is 276 g/mol. The van der Waals surface area contributed by atoms with Gasteiger partial charge in [0.1, 0.15) is 5.78 Å². The van der Waals surface area contributed by atoms with E-state index in [0.29, 0.717) is 17.8 Å². The lowest BCUT2D eigenvalue weighted by Crippen LogP contribution is -2.39. The number of fused-ring (bicyclic) bond motifs is 2. The minimum atomic E-state index is -0.00542. The van der Waals surface area contributed by atoms with Crippen LogP contribution in [0.4, 0.5) is 0 Å². The molecule has 3 rings (SSSR count).